The lowest BCUT2D eigenvalue weighted by molar-refractivity contribution is 0.577. The van der Waals surface area contributed by atoms with Gasteiger partial charge in [-0.05, 0) is 37.1 Å². The smallest absolute Gasteiger partial charge is 0.241 e. The molecule has 0 spiro atoms. The van der Waals surface area contributed by atoms with Gasteiger partial charge in [-0.25, -0.2) is 22.5 Å². The highest BCUT2D eigenvalue weighted by Crippen LogP contribution is 2.21. The molecule has 2 aromatic rings. The van der Waals surface area contributed by atoms with Gasteiger partial charge in [0.25, 0.3) is 0 Å². The van der Waals surface area contributed by atoms with Crippen molar-refractivity contribution in [1.82, 2.24) is 14.7 Å². The summed E-state index contributed by atoms with van der Waals surface area (Å²) >= 11 is 0. The number of rotatable bonds is 4. The molecule has 2 N–H and O–H groups in total. The number of benzene rings is 1. The van der Waals surface area contributed by atoms with E-state index in [9.17, 15) is 12.8 Å². The first-order valence-electron chi connectivity index (χ1n) is 5.65. The Morgan fingerprint density at radius 3 is 2.47 bits per heavy atom. The number of nitrogens with one attached hydrogen (secondary N) is 2. The van der Waals surface area contributed by atoms with Crippen molar-refractivity contribution >= 4 is 10.0 Å². The Balaban J connectivity index is 2.29. The van der Waals surface area contributed by atoms with Crippen LogP contribution in [0.4, 0.5) is 4.39 Å². The highest BCUT2D eigenvalue weighted by atomic mass is 32.2. The van der Waals surface area contributed by atoms with Crippen LogP contribution in [0, 0.1) is 19.7 Å². The van der Waals surface area contributed by atoms with Crippen LogP contribution in [0.5, 0.6) is 0 Å². The van der Waals surface area contributed by atoms with Crippen LogP contribution in [0.1, 0.15) is 17.0 Å². The second-order valence-electron chi connectivity index (χ2n) is 4.23. The Labute approximate surface area is 110 Å². The van der Waals surface area contributed by atoms with Gasteiger partial charge in [0, 0.05) is 12.4 Å². The second kappa shape index (κ2) is 5.10. The van der Waals surface area contributed by atoms with Gasteiger partial charge in [-0.2, -0.15) is 0 Å². The molecule has 1 aromatic carbocycles. The predicted octanol–water partition coefficient (Wildman–Crippen LogP) is 1.64. The maximum atomic E-state index is 13.2. The number of aryl methyl sites for hydroxylation is 2. The van der Waals surface area contributed by atoms with E-state index < -0.39 is 15.8 Å². The van der Waals surface area contributed by atoms with E-state index in [1.54, 1.807) is 20.0 Å². The SMILES string of the molecule is Cc1cc(F)cc(C)c1S(=O)(=O)NCc1ncc[nH]1. The number of imidazole rings is 1. The van der Waals surface area contributed by atoms with Gasteiger partial charge < -0.3 is 4.98 Å². The van der Waals surface area contributed by atoms with E-state index in [4.69, 9.17) is 0 Å². The van der Waals surface area contributed by atoms with Crippen molar-refractivity contribution < 1.29 is 12.8 Å². The molecule has 0 atom stereocenters. The fraction of sp³-hybridized carbons (Fsp3) is 0.250. The number of sulfonamides is 1. The summed E-state index contributed by atoms with van der Waals surface area (Å²) in [4.78, 5) is 6.84. The predicted molar refractivity (Wildman–Crippen MR) is 68.5 cm³/mol. The number of hydrogen-bond donors (Lipinski definition) is 2. The van der Waals surface area contributed by atoms with Gasteiger partial charge in [0.05, 0.1) is 11.4 Å². The maximum Gasteiger partial charge on any atom is 0.241 e. The fourth-order valence-corrected chi connectivity index (χ4v) is 3.39. The molecule has 0 bridgehead atoms. The third-order valence-electron chi connectivity index (χ3n) is 2.68. The zero-order chi connectivity index (χ0) is 14.0. The van der Waals surface area contributed by atoms with Crippen molar-refractivity contribution in [2.45, 2.75) is 25.3 Å². The highest BCUT2D eigenvalue weighted by Gasteiger charge is 2.20. The maximum absolute atomic E-state index is 13.2. The van der Waals surface area contributed by atoms with Crippen molar-refractivity contribution in [2.24, 2.45) is 0 Å². The standard InChI is InChI=1S/C12H14FN3O2S/c1-8-5-10(13)6-9(2)12(8)19(17,18)16-7-11-14-3-4-15-11/h3-6,16H,7H2,1-2H3,(H,14,15). The molecule has 0 aliphatic rings. The highest BCUT2D eigenvalue weighted by molar-refractivity contribution is 7.89. The summed E-state index contributed by atoms with van der Waals surface area (Å²) in [6.45, 7) is 3.20. The fourth-order valence-electron chi connectivity index (χ4n) is 1.95. The van der Waals surface area contributed by atoms with Gasteiger partial charge in [0.15, 0.2) is 0 Å². The van der Waals surface area contributed by atoms with Crippen LogP contribution >= 0.6 is 0 Å². The van der Waals surface area contributed by atoms with Gasteiger partial charge in [-0.15, -0.1) is 0 Å². The molecule has 2 rings (SSSR count). The first kappa shape index (κ1) is 13.7. The van der Waals surface area contributed by atoms with Gasteiger partial charge in [-0.3, -0.25) is 0 Å². The summed E-state index contributed by atoms with van der Waals surface area (Å²) in [7, 11) is -3.69. The zero-order valence-electron chi connectivity index (χ0n) is 10.6. The van der Waals surface area contributed by atoms with Gasteiger partial charge in [0.1, 0.15) is 11.6 Å². The minimum absolute atomic E-state index is 0.0611. The Hall–Kier alpha value is -1.73. The molecule has 0 fully saturated rings. The van der Waals surface area contributed by atoms with Gasteiger partial charge in [0.2, 0.25) is 10.0 Å². The molecule has 102 valence electrons. The molecule has 19 heavy (non-hydrogen) atoms. The average molecular weight is 283 g/mol. The monoisotopic (exact) mass is 283 g/mol. The normalized spacial score (nSPS) is 11.7. The summed E-state index contributed by atoms with van der Waals surface area (Å²) < 4.78 is 40.0. The van der Waals surface area contributed by atoms with Crippen LogP contribution in [-0.2, 0) is 16.6 Å². The summed E-state index contributed by atoms with van der Waals surface area (Å²) in [5, 5.41) is 0. The zero-order valence-corrected chi connectivity index (χ0v) is 11.4. The van der Waals surface area contributed by atoms with Crippen LogP contribution in [0.15, 0.2) is 29.4 Å². The molecule has 0 aliphatic carbocycles. The Morgan fingerprint density at radius 2 is 1.95 bits per heavy atom. The number of H-pyrrole nitrogens is 1. The molecule has 0 amide bonds. The number of halogens is 1. The second-order valence-corrected chi connectivity index (χ2v) is 5.93. The molecule has 1 heterocycles. The van der Waals surface area contributed by atoms with Crippen LogP contribution < -0.4 is 4.72 Å². The molecule has 0 saturated heterocycles. The first-order chi connectivity index (χ1) is 8.90. The lowest BCUT2D eigenvalue weighted by Crippen LogP contribution is -2.25. The van der Waals surface area contributed by atoms with Crippen molar-refractivity contribution in [2.75, 3.05) is 0 Å². The lowest BCUT2D eigenvalue weighted by atomic mass is 10.1. The summed E-state index contributed by atoms with van der Waals surface area (Å²) in [6, 6.07) is 2.41. The minimum atomic E-state index is -3.69. The van der Waals surface area contributed by atoms with E-state index in [2.05, 4.69) is 14.7 Å². The number of hydrogen-bond acceptors (Lipinski definition) is 3. The van der Waals surface area contributed by atoms with Crippen LogP contribution in [0.2, 0.25) is 0 Å². The summed E-state index contributed by atoms with van der Waals surface area (Å²) in [5.41, 5.74) is 0.758. The van der Waals surface area contributed by atoms with Crippen LogP contribution in [0.25, 0.3) is 0 Å². The average Bonchev–Trinajstić information content (AvgIpc) is 2.77. The van der Waals surface area contributed by atoms with Crippen LogP contribution in [0.3, 0.4) is 0 Å². The van der Waals surface area contributed by atoms with E-state index >= 15 is 0 Å². The number of aromatic nitrogens is 2. The van der Waals surface area contributed by atoms with E-state index in [1.807, 2.05) is 0 Å². The molecule has 1 aromatic heterocycles. The number of aromatic amines is 1. The van der Waals surface area contributed by atoms with Gasteiger partial charge >= 0.3 is 0 Å². The largest absolute Gasteiger partial charge is 0.347 e. The summed E-state index contributed by atoms with van der Waals surface area (Å²) in [6.07, 6.45) is 3.15. The molecule has 7 heteroatoms. The molecular weight excluding hydrogens is 269 g/mol. The first-order valence-corrected chi connectivity index (χ1v) is 7.13. The third kappa shape index (κ3) is 2.99. The lowest BCUT2D eigenvalue weighted by Gasteiger charge is -2.11. The minimum Gasteiger partial charge on any atom is -0.347 e. The molecule has 5 nitrogen and oxygen atoms in total. The van der Waals surface area contributed by atoms with Crippen molar-refractivity contribution in [3.63, 3.8) is 0 Å². The molecule has 0 aliphatic heterocycles. The molecular formula is C12H14FN3O2S. The Bertz CT molecular complexity index is 658. The van der Waals surface area contributed by atoms with Gasteiger partial charge in [-0.1, -0.05) is 0 Å². The van der Waals surface area contributed by atoms with E-state index in [1.165, 1.54) is 18.3 Å². The molecule has 0 saturated carbocycles. The van der Waals surface area contributed by atoms with Crippen molar-refractivity contribution in [3.05, 3.63) is 47.3 Å². The Kier molecular flexibility index (Phi) is 3.68. The van der Waals surface area contributed by atoms with E-state index in [0.717, 1.165) is 0 Å². The third-order valence-corrected chi connectivity index (χ3v) is 4.38. The topological polar surface area (TPSA) is 74.8 Å². The number of nitrogens with zero attached hydrogens (tertiary/aromatic N) is 1. The quantitative estimate of drug-likeness (QED) is 0.895. The Morgan fingerprint density at radius 1 is 1.32 bits per heavy atom. The van der Waals surface area contributed by atoms with E-state index in [0.29, 0.717) is 17.0 Å². The van der Waals surface area contributed by atoms with Crippen molar-refractivity contribution in [1.29, 1.82) is 0 Å². The molecule has 0 radical (unpaired) electrons. The molecule has 0 unspecified atom stereocenters. The van der Waals surface area contributed by atoms with E-state index in [-0.39, 0.29) is 11.4 Å². The van der Waals surface area contributed by atoms with Crippen LogP contribution in [-0.4, -0.2) is 18.4 Å². The summed E-state index contributed by atoms with van der Waals surface area (Å²) in [5.74, 6) is 0.0703. The van der Waals surface area contributed by atoms with Crippen molar-refractivity contribution in [3.8, 4) is 0 Å².